The predicted octanol–water partition coefficient (Wildman–Crippen LogP) is 3.17. The number of aliphatic hydroxyl groups is 2. The molecule has 0 saturated heterocycles. The molecule has 4 aliphatic rings. The van der Waals surface area contributed by atoms with E-state index in [9.17, 15) is 10.2 Å². The molecule has 0 bridgehead atoms. The number of fused-ring (bicyclic) bond motifs is 1. The van der Waals surface area contributed by atoms with E-state index in [1.54, 1.807) is 12.5 Å². The zero-order valence-electron chi connectivity index (χ0n) is 22.3. The molecular weight excluding hydrogens is 490 g/mol. The quantitative estimate of drug-likeness (QED) is 0.383. The molecule has 0 radical (unpaired) electrons. The van der Waals surface area contributed by atoms with Gasteiger partial charge in [0.2, 0.25) is 0 Å². The molecule has 39 heavy (non-hydrogen) atoms. The Balaban J connectivity index is 1.18. The summed E-state index contributed by atoms with van der Waals surface area (Å²) in [6.07, 6.45) is 20.7. The number of aliphatic imine (C=N–C) groups is 1. The number of benzene rings is 1. The van der Waals surface area contributed by atoms with Crippen LogP contribution in [0.4, 0.5) is 5.69 Å². The van der Waals surface area contributed by atoms with E-state index in [1.807, 2.05) is 41.3 Å². The SMILES string of the molecule is NC=C(C=NC1C=COCC1)Nc1ccc2c(c1)C(O)N(CC(O)CN1CCC3=C(C=C/C=C/C=C3)C1)CC2. The molecule has 5 N–H and O–H groups in total. The van der Waals surface area contributed by atoms with Crippen LogP contribution in [-0.2, 0) is 11.2 Å². The van der Waals surface area contributed by atoms with Crippen LogP contribution in [0.25, 0.3) is 0 Å². The van der Waals surface area contributed by atoms with Gasteiger partial charge < -0.3 is 26.0 Å². The minimum Gasteiger partial charge on any atom is -0.501 e. The van der Waals surface area contributed by atoms with Gasteiger partial charge in [-0.3, -0.25) is 14.8 Å². The van der Waals surface area contributed by atoms with Gasteiger partial charge in [0.25, 0.3) is 0 Å². The van der Waals surface area contributed by atoms with Gasteiger partial charge in [-0.1, -0.05) is 42.5 Å². The first-order valence-electron chi connectivity index (χ1n) is 13.8. The normalized spacial score (nSPS) is 25.5. The van der Waals surface area contributed by atoms with Crippen LogP contribution in [0.3, 0.4) is 0 Å². The highest BCUT2D eigenvalue weighted by Gasteiger charge is 2.28. The largest absolute Gasteiger partial charge is 0.501 e. The van der Waals surface area contributed by atoms with Crippen molar-refractivity contribution < 1.29 is 14.9 Å². The summed E-state index contributed by atoms with van der Waals surface area (Å²) in [5.74, 6) is 0. The van der Waals surface area contributed by atoms with Gasteiger partial charge >= 0.3 is 0 Å². The summed E-state index contributed by atoms with van der Waals surface area (Å²) < 4.78 is 5.23. The van der Waals surface area contributed by atoms with E-state index in [0.717, 1.165) is 49.2 Å². The Labute approximate surface area is 230 Å². The highest BCUT2D eigenvalue weighted by Crippen LogP contribution is 2.31. The fraction of sp³-hybridized carbons (Fsp3) is 0.387. The summed E-state index contributed by atoms with van der Waals surface area (Å²) >= 11 is 0. The molecule has 0 spiro atoms. The summed E-state index contributed by atoms with van der Waals surface area (Å²) in [7, 11) is 0. The molecule has 206 valence electrons. The number of rotatable bonds is 8. The van der Waals surface area contributed by atoms with Crippen molar-refractivity contribution in [3.05, 3.63) is 101 Å². The lowest BCUT2D eigenvalue weighted by Gasteiger charge is -2.37. The van der Waals surface area contributed by atoms with Crippen LogP contribution in [0.15, 0.2) is 95.0 Å². The van der Waals surface area contributed by atoms with Gasteiger partial charge in [-0.25, -0.2) is 0 Å². The van der Waals surface area contributed by atoms with Gasteiger partial charge in [-0.2, -0.15) is 0 Å². The zero-order chi connectivity index (χ0) is 27.0. The fourth-order valence-corrected chi connectivity index (χ4v) is 5.46. The van der Waals surface area contributed by atoms with Crippen molar-refractivity contribution in [1.29, 1.82) is 0 Å². The van der Waals surface area contributed by atoms with Crippen LogP contribution >= 0.6 is 0 Å². The number of hydrogen-bond donors (Lipinski definition) is 4. The van der Waals surface area contributed by atoms with Crippen molar-refractivity contribution in [3.63, 3.8) is 0 Å². The Hall–Kier alpha value is -3.43. The Morgan fingerprint density at radius 3 is 2.77 bits per heavy atom. The molecule has 1 aromatic rings. The Kier molecular flexibility index (Phi) is 9.11. The summed E-state index contributed by atoms with van der Waals surface area (Å²) in [5, 5.41) is 25.5. The lowest BCUT2D eigenvalue weighted by molar-refractivity contribution is -0.0366. The molecule has 8 nitrogen and oxygen atoms in total. The molecule has 3 unspecified atom stereocenters. The Morgan fingerprint density at radius 2 is 1.97 bits per heavy atom. The van der Waals surface area contributed by atoms with Crippen molar-refractivity contribution in [2.75, 3.05) is 44.6 Å². The van der Waals surface area contributed by atoms with Crippen LogP contribution in [0.5, 0.6) is 0 Å². The number of nitrogens with two attached hydrogens (primary N) is 1. The predicted molar refractivity (Wildman–Crippen MR) is 156 cm³/mol. The first-order valence-corrected chi connectivity index (χ1v) is 13.8. The third kappa shape index (κ3) is 7.16. The van der Waals surface area contributed by atoms with Crippen molar-refractivity contribution in [2.45, 2.75) is 37.6 Å². The average molecular weight is 530 g/mol. The molecule has 5 rings (SSSR count). The van der Waals surface area contributed by atoms with E-state index in [4.69, 9.17) is 10.5 Å². The lowest BCUT2D eigenvalue weighted by atomic mass is 9.96. The van der Waals surface area contributed by atoms with E-state index >= 15 is 0 Å². The Morgan fingerprint density at radius 1 is 1.13 bits per heavy atom. The second-order valence-electron chi connectivity index (χ2n) is 10.4. The summed E-state index contributed by atoms with van der Waals surface area (Å²) in [5.41, 5.74) is 12.0. The number of β-amino-alcohol motifs (C(OH)–C–C–N with tert-alkyl or cyclic N) is 1. The van der Waals surface area contributed by atoms with Crippen LogP contribution in [0.2, 0.25) is 0 Å². The Bertz CT molecular complexity index is 1230. The van der Waals surface area contributed by atoms with Crippen LogP contribution in [0.1, 0.15) is 30.2 Å². The number of allylic oxidation sites excluding steroid dienone is 6. The molecule has 3 heterocycles. The van der Waals surface area contributed by atoms with Gasteiger partial charge in [0.05, 0.1) is 30.7 Å². The fourth-order valence-electron chi connectivity index (χ4n) is 5.46. The maximum atomic E-state index is 11.2. The van der Waals surface area contributed by atoms with Crippen LogP contribution in [0, 0.1) is 0 Å². The number of nitrogens with zero attached hydrogens (tertiary/aromatic N) is 3. The van der Waals surface area contributed by atoms with E-state index in [2.05, 4.69) is 39.5 Å². The molecule has 1 aromatic carbocycles. The zero-order valence-corrected chi connectivity index (χ0v) is 22.3. The molecule has 0 fully saturated rings. The molecule has 0 aromatic heterocycles. The second-order valence-corrected chi connectivity index (χ2v) is 10.4. The molecule has 8 heteroatoms. The van der Waals surface area contributed by atoms with Crippen molar-refractivity contribution in [3.8, 4) is 0 Å². The molecule has 0 amide bonds. The lowest BCUT2D eigenvalue weighted by Crippen LogP contribution is -2.45. The summed E-state index contributed by atoms with van der Waals surface area (Å²) in [6, 6.07) is 6.08. The number of aliphatic hydroxyl groups excluding tert-OH is 2. The third-order valence-corrected chi connectivity index (χ3v) is 7.59. The van der Waals surface area contributed by atoms with Crippen molar-refractivity contribution in [1.82, 2.24) is 9.80 Å². The van der Waals surface area contributed by atoms with Gasteiger partial charge in [-0.15, -0.1) is 0 Å². The standard InChI is InChI=1S/C31H39N5O3/c32-18-28(19-33-26-11-15-39-16-12-26)34-27-8-7-24-10-14-36(31(38)30(24)17-27)22-29(37)21-35-13-9-23-5-3-1-2-4-6-25(23)20-35/h1-8,11,15,17-19,26,29,31,34,37-38H,9-10,12-14,16,20-22,32H2/b2-1+,3-1?,4-2?,5-3?,6-4?,23-5?,25-6?,28-18?,33-19?. The minimum absolute atomic E-state index is 0.0757. The summed E-state index contributed by atoms with van der Waals surface area (Å²) in [6.45, 7) is 4.10. The van der Waals surface area contributed by atoms with Crippen LogP contribution in [-0.4, -0.2) is 77.7 Å². The van der Waals surface area contributed by atoms with Crippen LogP contribution < -0.4 is 11.1 Å². The molecule has 1 aliphatic carbocycles. The second kappa shape index (κ2) is 13.1. The molecule has 0 saturated carbocycles. The number of hydrogen-bond acceptors (Lipinski definition) is 8. The van der Waals surface area contributed by atoms with E-state index < -0.39 is 12.3 Å². The highest BCUT2D eigenvalue weighted by atomic mass is 16.5. The maximum Gasteiger partial charge on any atom is 0.134 e. The number of ether oxygens (including phenoxy) is 1. The summed E-state index contributed by atoms with van der Waals surface area (Å²) in [4.78, 5) is 8.84. The minimum atomic E-state index is -0.780. The molecule has 3 atom stereocenters. The van der Waals surface area contributed by atoms with E-state index in [1.165, 1.54) is 17.3 Å². The third-order valence-electron chi connectivity index (χ3n) is 7.59. The van der Waals surface area contributed by atoms with Gasteiger partial charge in [0.15, 0.2) is 0 Å². The van der Waals surface area contributed by atoms with Crippen molar-refractivity contribution >= 4 is 11.9 Å². The first kappa shape index (κ1) is 27.1. The number of nitrogens with one attached hydrogen (secondary N) is 1. The monoisotopic (exact) mass is 529 g/mol. The van der Waals surface area contributed by atoms with Crippen molar-refractivity contribution in [2.24, 2.45) is 10.7 Å². The number of anilines is 1. The van der Waals surface area contributed by atoms with Gasteiger partial charge in [0, 0.05) is 62.8 Å². The highest BCUT2D eigenvalue weighted by molar-refractivity contribution is 5.83. The molecular formula is C31H39N5O3. The van der Waals surface area contributed by atoms with Gasteiger partial charge in [-0.05, 0) is 47.8 Å². The van der Waals surface area contributed by atoms with E-state index in [0.29, 0.717) is 31.9 Å². The topological polar surface area (TPSA) is 107 Å². The van der Waals surface area contributed by atoms with E-state index in [-0.39, 0.29) is 6.04 Å². The molecule has 3 aliphatic heterocycles. The smallest absolute Gasteiger partial charge is 0.134 e. The van der Waals surface area contributed by atoms with Gasteiger partial charge in [0.1, 0.15) is 6.23 Å². The maximum absolute atomic E-state index is 11.2. The average Bonchev–Trinajstić information content (AvgIpc) is 2.94. The first-order chi connectivity index (χ1) is 19.1.